The highest BCUT2D eigenvalue weighted by atomic mass is 32.1. The molecule has 132 valence electrons. The molecule has 0 atom stereocenters. The number of aromatic nitrogens is 7. The summed E-state index contributed by atoms with van der Waals surface area (Å²) in [7, 11) is 0. The van der Waals surface area contributed by atoms with E-state index in [-0.39, 0.29) is 11.5 Å². The van der Waals surface area contributed by atoms with Crippen molar-refractivity contribution in [3.05, 3.63) is 40.2 Å². The lowest BCUT2D eigenvalue weighted by atomic mass is 10.2. The number of aryl methyl sites for hydroxylation is 1. The van der Waals surface area contributed by atoms with Gasteiger partial charge in [0.25, 0.3) is 5.89 Å². The Bertz CT molecular complexity index is 1070. The Labute approximate surface area is 151 Å². The predicted octanol–water partition coefficient (Wildman–Crippen LogP) is 3.41. The molecule has 0 N–H and O–H groups in total. The maximum atomic E-state index is 14.6. The van der Waals surface area contributed by atoms with Crippen LogP contribution in [-0.2, 0) is 0 Å². The fraction of sp³-hybridized carbons (Fsp3) is 0.250. The SMILES string of the molecule is Cc1nnnn1-c1ccc(-c2nc(-c3csc(C(C)C)n3)no2)c(F)c1. The Morgan fingerprint density at radius 1 is 1.23 bits per heavy atom. The van der Waals surface area contributed by atoms with Gasteiger partial charge < -0.3 is 4.52 Å². The molecule has 0 unspecified atom stereocenters. The third-order valence-electron chi connectivity index (χ3n) is 3.72. The molecule has 26 heavy (non-hydrogen) atoms. The van der Waals surface area contributed by atoms with Crippen LogP contribution in [0, 0.1) is 12.7 Å². The Morgan fingerprint density at radius 2 is 2.08 bits per heavy atom. The van der Waals surface area contributed by atoms with Gasteiger partial charge in [0.15, 0.2) is 5.82 Å². The van der Waals surface area contributed by atoms with Crippen molar-refractivity contribution in [1.82, 2.24) is 35.3 Å². The first kappa shape index (κ1) is 16.5. The van der Waals surface area contributed by atoms with Crippen molar-refractivity contribution in [3.63, 3.8) is 0 Å². The number of rotatable bonds is 4. The minimum absolute atomic E-state index is 0.0941. The van der Waals surface area contributed by atoms with E-state index in [2.05, 4.69) is 44.5 Å². The normalized spacial score (nSPS) is 11.4. The number of thiazole rings is 1. The molecule has 4 aromatic rings. The van der Waals surface area contributed by atoms with E-state index in [1.807, 2.05) is 5.38 Å². The van der Waals surface area contributed by atoms with E-state index in [1.165, 1.54) is 22.1 Å². The summed E-state index contributed by atoms with van der Waals surface area (Å²) in [6.45, 7) is 5.86. The third kappa shape index (κ3) is 2.88. The van der Waals surface area contributed by atoms with Gasteiger partial charge in [-0.2, -0.15) is 9.67 Å². The standard InChI is InChI=1S/C16H14FN7OS/c1-8(2)16-18-13(7-26-16)14-19-15(25-21-14)11-5-4-10(6-12(11)17)24-9(3)20-22-23-24/h4-8H,1-3H3. The molecule has 0 radical (unpaired) electrons. The number of hydrogen-bond acceptors (Lipinski definition) is 8. The summed E-state index contributed by atoms with van der Waals surface area (Å²) in [6.07, 6.45) is 0. The highest BCUT2D eigenvalue weighted by molar-refractivity contribution is 7.10. The van der Waals surface area contributed by atoms with Crippen molar-refractivity contribution in [2.24, 2.45) is 0 Å². The van der Waals surface area contributed by atoms with Crippen LogP contribution in [0.5, 0.6) is 0 Å². The van der Waals surface area contributed by atoms with Crippen molar-refractivity contribution in [2.45, 2.75) is 26.7 Å². The molecule has 4 rings (SSSR count). The van der Waals surface area contributed by atoms with Crippen LogP contribution in [0.4, 0.5) is 4.39 Å². The Hall–Kier alpha value is -3.01. The fourth-order valence-corrected chi connectivity index (χ4v) is 3.19. The molecule has 8 nitrogen and oxygen atoms in total. The van der Waals surface area contributed by atoms with Crippen molar-refractivity contribution >= 4 is 11.3 Å². The van der Waals surface area contributed by atoms with Crippen molar-refractivity contribution < 1.29 is 8.91 Å². The highest BCUT2D eigenvalue weighted by Gasteiger charge is 2.18. The maximum absolute atomic E-state index is 14.6. The number of halogens is 1. The molecule has 0 saturated heterocycles. The molecule has 0 aliphatic carbocycles. The number of tetrazole rings is 1. The largest absolute Gasteiger partial charge is 0.333 e. The number of benzene rings is 1. The summed E-state index contributed by atoms with van der Waals surface area (Å²) >= 11 is 1.53. The average molecular weight is 371 g/mol. The van der Waals surface area contributed by atoms with Gasteiger partial charge in [-0.25, -0.2) is 9.37 Å². The van der Waals surface area contributed by atoms with Crippen molar-refractivity contribution in [3.8, 4) is 28.7 Å². The molecule has 0 fully saturated rings. The molecule has 0 aliphatic rings. The highest BCUT2D eigenvalue weighted by Crippen LogP contribution is 2.28. The lowest BCUT2D eigenvalue weighted by Crippen LogP contribution is -2.00. The summed E-state index contributed by atoms with van der Waals surface area (Å²) in [5.74, 6) is 0.801. The first-order valence-electron chi connectivity index (χ1n) is 7.87. The molecule has 1 aromatic carbocycles. The number of nitrogens with zero attached hydrogens (tertiary/aromatic N) is 7. The van der Waals surface area contributed by atoms with E-state index in [9.17, 15) is 4.39 Å². The van der Waals surface area contributed by atoms with Crippen LogP contribution >= 0.6 is 11.3 Å². The van der Waals surface area contributed by atoms with Gasteiger partial charge in [-0.05, 0) is 29.5 Å². The molecule has 10 heteroatoms. The van der Waals surface area contributed by atoms with Gasteiger partial charge in [-0.15, -0.1) is 16.4 Å². The molecule has 0 aliphatic heterocycles. The lowest BCUT2D eigenvalue weighted by Gasteiger charge is -2.03. The van der Waals surface area contributed by atoms with Gasteiger partial charge in [0.1, 0.15) is 11.5 Å². The lowest BCUT2D eigenvalue weighted by molar-refractivity contribution is 0.429. The molecule has 3 heterocycles. The number of hydrogen-bond donors (Lipinski definition) is 0. The van der Waals surface area contributed by atoms with Gasteiger partial charge in [0.05, 0.1) is 16.3 Å². The third-order valence-corrected chi connectivity index (χ3v) is 4.87. The van der Waals surface area contributed by atoms with E-state index in [1.54, 1.807) is 19.1 Å². The first-order valence-corrected chi connectivity index (χ1v) is 8.75. The summed E-state index contributed by atoms with van der Waals surface area (Å²) in [6, 6.07) is 4.57. The van der Waals surface area contributed by atoms with Crippen LogP contribution in [0.3, 0.4) is 0 Å². The molecular weight excluding hydrogens is 357 g/mol. The van der Waals surface area contributed by atoms with E-state index in [0.717, 1.165) is 5.01 Å². The topological polar surface area (TPSA) is 95.4 Å². The van der Waals surface area contributed by atoms with Gasteiger partial charge in [-0.3, -0.25) is 0 Å². The van der Waals surface area contributed by atoms with E-state index < -0.39 is 5.82 Å². The van der Waals surface area contributed by atoms with E-state index >= 15 is 0 Å². The van der Waals surface area contributed by atoms with Gasteiger partial charge >= 0.3 is 0 Å². The van der Waals surface area contributed by atoms with Crippen molar-refractivity contribution in [2.75, 3.05) is 0 Å². The smallest absolute Gasteiger partial charge is 0.261 e. The summed E-state index contributed by atoms with van der Waals surface area (Å²) in [4.78, 5) is 8.75. The minimum atomic E-state index is -0.506. The summed E-state index contributed by atoms with van der Waals surface area (Å²) in [5, 5.41) is 17.9. The first-order chi connectivity index (χ1) is 12.5. The van der Waals surface area contributed by atoms with Crippen LogP contribution < -0.4 is 0 Å². The minimum Gasteiger partial charge on any atom is -0.333 e. The Kier molecular flexibility index (Phi) is 4.03. The van der Waals surface area contributed by atoms with Gasteiger partial charge in [-0.1, -0.05) is 19.0 Å². The van der Waals surface area contributed by atoms with E-state index in [0.29, 0.717) is 28.9 Å². The van der Waals surface area contributed by atoms with Gasteiger partial charge in [0.2, 0.25) is 5.82 Å². The monoisotopic (exact) mass is 371 g/mol. The summed E-state index contributed by atoms with van der Waals surface area (Å²) < 4.78 is 21.2. The molecular formula is C16H14FN7OS. The Morgan fingerprint density at radius 3 is 2.73 bits per heavy atom. The summed E-state index contributed by atoms with van der Waals surface area (Å²) in [5.41, 5.74) is 1.34. The average Bonchev–Trinajstić information content (AvgIpc) is 3.34. The molecule has 0 amide bonds. The second kappa shape index (κ2) is 6.37. The second-order valence-corrected chi connectivity index (χ2v) is 6.84. The van der Waals surface area contributed by atoms with Crippen LogP contribution in [-0.4, -0.2) is 35.3 Å². The molecule has 3 aromatic heterocycles. The maximum Gasteiger partial charge on any atom is 0.261 e. The Balaban J connectivity index is 1.66. The van der Waals surface area contributed by atoms with Gasteiger partial charge in [0, 0.05) is 17.4 Å². The van der Waals surface area contributed by atoms with Crippen molar-refractivity contribution in [1.29, 1.82) is 0 Å². The zero-order valence-electron chi connectivity index (χ0n) is 14.2. The zero-order valence-corrected chi connectivity index (χ0v) is 15.0. The predicted molar refractivity (Wildman–Crippen MR) is 92.3 cm³/mol. The molecule has 0 spiro atoms. The molecule has 0 bridgehead atoms. The fourth-order valence-electron chi connectivity index (χ4n) is 2.37. The molecule has 0 saturated carbocycles. The van der Waals surface area contributed by atoms with Crippen LogP contribution in [0.15, 0.2) is 28.1 Å². The zero-order chi connectivity index (χ0) is 18.3. The van der Waals surface area contributed by atoms with Crippen LogP contribution in [0.1, 0.15) is 30.6 Å². The van der Waals surface area contributed by atoms with Crippen LogP contribution in [0.2, 0.25) is 0 Å². The van der Waals surface area contributed by atoms with E-state index in [4.69, 9.17) is 4.52 Å². The quantitative estimate of drug-likeness (QED) is 0.542. The second-order valence-electron chi connectivity index (χ2n) is 5.95. The van der Waals surface area contributed by atoms with Crippen LogP contribution in [0.25, 0.3) is 28.7 Å².